The van der Waals surface area contributed by atoms with E-state index in [1.165, 1.54) is 0 Å². The van der Waals surface area contributed by atoms with Gasteiger partial charge in [-0.2, -0.15) is 10.2 Å². The number of ether oxygens (including phenoxy) is 1. The molecule has 1 N–H and O–H groups in total. The van der Waals surface area contributed by atoms with Crippen molar-refractivity contribution < 1.29 is 9.53 Å². The average molecular weight is 444 g/mol. The second-order valence-electron chi connectivity index (χ2n) is 8.33. The van der Waals surface area contributed by atoms with Gasteiger partial charge in [0, 0.05) is 30.5 Å². The molecular formula is C26H29N5O2. The molecule has 0 aliphatic heterocycles. The normalized spacial score (nSPS) is 11.9. The summed E-state index contributed by atoms with van der Waals surface area (Å²) in [4.78, 5) is 13.2. The Morgan fingerprint density at radius 1 is 1.06 bits per heavy atom. The number of methoxy groups -OCH3 is 1. The number of hydrogen-bond donors (Lipinski definition) is 1. The summed E-state index contributed by atoms with van der Waals surface area (Å²) in [5.74, 6) is 0.776. The van der Waals surface area contributed by atoms with Crippen LogP contribution < -0.4 is 10.1 Å². The third-order valence-corrected chi connectivity index (χ3v) is 5.52. The Morgan fingerprint density at radius 2 is 1.85 bits per heavy atom. The maximum Gasteiger partial charge on any atom is 0.255 e. The van der Waals surface area contributed by atoms with Gasteiger partial charge >= 0.3 is 0 Å². The predicted octanol–water partition coefficient (Wildman–Crippen LogP) is 4.43. The summed E-state index contributed by atoms with van der Waals surface area (Å²) in [5.41, 5.74) is 4.96. The Balaban J connectivity index is 1.57. The van der Waals surface area contributed by atoms with E-state index in [0.29, 0.717) is 23.6 Å². The predicted molar refractivity (Wildman–Crippen MR) is 129 cm³/mol. The molecule has 0 spiro atoms. The molecular weight excluding hydrogens is 414 g/mol. The second-order valence-corrected chi connectivity index (χ2v) is 8.33. The number of carbonyl (C=O) groups excluding carboxylic acids is 1. The summed E-state index contributed by atoms with van der Waals surface area (Å²) in [5, 5.41) is 12.3. The standard InChI is InChI=1S/C26H29N5O2/c1-18(16-30-20(3)13-19(2)28-30)15-27-26(32)24-17-31(22-10-6-5-7-11-22)29-25(24)21-9-8-12-23(14-21)33-4/h5-14,17-18H,15-16H2,1-4H3,(H,27,32)/t18-/m0/s1. The highest BCUT2D eigenvalue weighted by atomic mass is 16.5. The number of aryl methyl sites for hydroxylation is 2. The summed E-state index contributed by atoms with van der Waals surface area (Å²) in [6, 6.07) is 19.4. The van der Waals surface area contributed by atoms with Crippen molar-refractivity contribution in [3.05, 3.63) is 83.8 Å². The lowest BCUT2D eigenvalue weighted by atomic mass is 10.1. The first-order valence-corrected chi connectivity index (χ1v) is 11.0. The summed E-state index contributed by atoms with van der Waals surface area (Å²) < 4.78 is 9.10. The van der Waals surface area contributed by atoms with Gasteiger partial charge in [-0.05, 0) is 50.1 Å². The van der Waals surface area contributed by atoms with E-state index in [2.05, 4.69) is 23.4 Å². The number of rotatable bonds is 8. The summed E-state index contributed by atoms with van der Waals surface area (Å²) in [6.07, 6.45) is 1.78. The Morgan fingerprint density at radius 3 is 2.55 bits per heavy atom. The smallest absolute Gasteiger partial charge is 0.255 e. The largest absolute Gasteiger partial charge is 0.497 e. The zero-order valence-electron chi connectivity index (χ0n) is 19.4. The molecule has 33 heavy (non-hydrogen) atoms. The zero-order valence-corrected chi connectivity index (χ0v) is 19.4. The van der Waals surface area contributed by atoms with Gasteiger partial charge in [-0.25, -0.2) is 4.68 Å². The maximum absolute atomic E-state index is 13.2. The molecule has 0 saturated heterocycles. The van der Waals surface area contributed by atoms with Crippen molar-refractivity contribution in [1.29, 1.82) is 0 Å². The van der Waals surface area contributed by atoms with Gasteiger partial charge in [0.25, 0.3) is 5.91 Å². The molecule has 0 unspecified atom stereocenters. The highest BCUT2D eigenvalue weighted by Crippen LogP contribution is 2.27. The Hall–Kier alpha value is -3.87. The van der Waals surface area contributed by atoms with E-state index in [9.17, 15) is 4.79 Å². The van der Waals surface area contributed by atoms with Crippen LogP contribution in [-0.4, -0.2) is 39.1 Å². The van der Waals surface area contributed by atoms with Crippen LogP contribution >= 0.6 is 0 Å². The molecule has 2 aromatic heterocycles. The molecule has 0 aliphatic carbocycles. The minimum Gasteiger partial charge on any atom is -0.497 e. The van der Waals surface area contributed by atoms with E-state index >= 15 is 0 Å². The quantitative estimate of drug-likeness (QED) is 0.437. The third kappa shape index (κ3) is 5.14. The van der Waals surface area contributed by atoms with Crippen LogP contribution in [0, 0.1) is 19.8 Å². The minimum atomic E-state index is -0.157. The fraction of sp³-hybridized carbons (Fsp3) is 0.269. The molecule has 0 aliphatic rings. The van der Waals surface area contributed by atoms with Gasteiger partial charge in [0.05, 0.1) is 24.1 Å². The van der Waals surface area contributed by atoms with Gasteiger partial charge in [0.15, 0.2) is 0 Å². The monoisotopic (exact) mass is 443 g/mol. The number of para-hydroxylation sites is 1. The van der Waals surface area contributed by atoms with E-state index in [1.807, 2.05) is 73.1 Å². The number of nitrogens with zero attached hydrogens (tertiary/aromatic N) is 4. The van der Waals surface area contributed by atoms with E-state index in [4.69, 9.17) is 9.84 Å². The molecule has 2 aromatic carbocycles. The molecule has 0 radical (unpaired) electrons. The molecule has 4 aromatic rings. The van der Waals surface area contributed by atoms with Crippen molar-refractivity contribution in [3.8, 4) is 22.7 Å². The number of nitrogens with one attached hydrogen (secondary N) is 1. The van der Waals surface area contributed by atoms with E-state index in [0.717, 1.165) is 29.2 Å². The summed E-state index contributed by atoms with van der Waals surface area (Å²) in [6.45, 7) is 7.41. The van der Waals surface area contributed by atoms with Crippen LogP contribution in [0.15, 0.2) is 66.9 Å². The first-order valence-electron chi connectivity index (χ1n) is 11.0. The van der Waals surface area contributed by atoms with Crippen molar-refractivity contribution in [1.82, 2.24) is 24.9 Å². The van der Waals surface area contributed by atoms with E-state index < -0.39 is 0 Å². The van der Waals surface area contributed by atoms with Crippen LogP contribution in [0.25, 0.3) is 16.9 Å². The van der Waals surface area contributed by atoms with Gasteiger partial charge in [-0.3, -0.25) is 9.48 Å². The second kappa shape index (κ2) is 9.73. The molecule has 0 bridgehead atoms. The van der Waals surface area contributed by atoms with Crippen LogP contribution in [0.3, 0.4) is 0 Å². The molecule has 1 amide bonds. The molecule has 7 heteroatoms. The summed E-state index contributed by atoms with van der Waals surface area (Å²) >= 11 is 0. The first kappa shape index (κ1) is 22.3. The Kier molecular flexibility index (Phi) is 6.58. The average Bonchev–Trinajstić information content (AvgIpc) is 3.41. The van der Waals surface area contributed by atoms with Crippen molar-refractivity contribution in [2.45, 2.75) is 27.3 Å². The lowest BCUT2D eigenvalue weighted by Crippen LogP contribution is -2.30. The lowest BCUT2D eigenvalue weighted by Gasteiger charge is -2.14. The molecule has 7 nitrogen and oxygen atoms in total. The maximum atomic E-state index is 13.2. The van der Waals surface area contributed by atoms with Crippen LogP contribution in [0.5, 0.6) is 5.75 Å². The fourth-order valence-electron chi connectivity index (χ4n) is 3.82. The molecule has 170 valence electrons. The minimum absolute atomic E-state index is 0.157. The number of aromatic nitrogens is 4. The number of amides is 1. The zero-order chi connectivity index (χ0) is 23.4. The van der Waals surface area contributed by atoms with Crippen LogP contribution in [-0.2, 0) is 6.54 Å². The first-order chi connectivity index (χ1) is 15.9. The third-order valence-electron chi connectivity index (χ3n) is 5.52. The van der Waals surface area contributed by atoms with Gasteiger partial charge < -0.3 is 10.1 Å². The van der Waals surface area contributed by atoms with E-state index in [1.54, 1.807) is 18.0 Å². The molecule has 4 rings (SSSR count). The Bertz CT molecular complexity index is 1240. The lowest BCUT2D eigenvalue weighted by molar-refractivity contribution is 0.0947. The van der Waals surface area contributed by atoms with Crippen molar-refractivity contribution in [3.63, 3.8) is 0 Å². The highest BCUT2D eigenvalue weighted by Gasteiger charge is 2.20. The molecule has 0 saturated carbocycles. The van der Waals surface area contributed by atoms with Crippen LogP contribution in [0.4, 0.5) is 0 Å². The van der Waals surface area contributed by atoms with Gasteiger partial charge in [0.1, 0.15) is 11.4 Å². The van der Waals surface area contributed by atoms with Gasteiger partial charge in [-0.15, -0.1) is 0 Å². The number of hydrogen-bond acceptors (Lipinski definition) is 4. The topological polar surface area (TPSA) is 74.0 Å². The van der Waals surface area contributed by atoms with Gasteiger partial charge in [0.2, 0.25) is 0 Å². The Labute approximate surface area is 194 Å². The van der Waals surface area contributed by atoms with E-state index in [-0.39, 0.29) is 11.8 Å². The van der Waals surface area contributed by atoms with Crippen LogP contribution in [0.1, 0.15) is 28.7 Å². The molecule has 1 atom stereocenters. The highest BCUT2D eigenvalue weighted by molar-refractivity contribution is 6.00. The summed E-state index contributed by atoms with van der Waals surface area (Å²) in [7, 11) is 1.62. The van der Waals surface area contributed by atoms with Crippen molar-refractivity contribution >= 4 is 5.91 Å². The van der Waals surface area contributed by atoms with Gasteiger partial charge in [-0.1, -0.05) is 37.3 Å². The van der Waals surface area contributed by atoms with Crippen LogP contribution in [0.2, 0.25) is 0 Å². The molecule has 0 fully saturated rings. The SMILES string of the molecule is COc1cccc(-c2nn(-c3ccccc3)cc2C(=O)NC[C@H](C)Cn2nc(C)cc2C)c1. The van der Waals surface area contributed by atoms with Crippen molar-refractivity contribution in [2.24, 2.45) is 5.92 Å². The van der Waals surface area contributed by atoms with Crippen molar-refractivity contribution in [2.75, 3.05) is 13.7 Å². The molecule has 2 heterocycles. The number of benzene rings is 2. The fourth-order valence-corrected chi connectivity index (χ4v) is 3.82. The number of carbonyl (C=O) groups is 1.